The highest BCUT2D eigenvalue weighted by atomic mass is 32.2. The molecule has 1 aromatic heterocycles. The van der Waals surface area contributed by atoms with Crippen LogP contribution in [0.2, 0.25) is 0 Å². The van der Waals surface area contributed by atoms with E-state index in [0.717, 1.165) is 22.2 Å². The fourth-order valence-corrected chi connectivity index (χ4v) is 5.02. The second kappa shape index (κ2) is 10.6. The highest BCUT2D eigenvalue weighted by molar-refractivity contribution is 7.99. The Labute approximate surface area is 203 Å². The lowest BCUT2D eigenvalue weighted by Gasteiger charge is -2.19. The number of carbonyl (C=O) groups excluding carboxylic acids is 1. The number of rotatable bonds is 8. The summed E-state index contributed by atoms with van der Waals surface area (Å²) in [6.07, 6.45) is 0.398. The maximum absolute atomic E-state index is 13.1. The number of aryl methyl sites for hydroxylation is 1. The van der Waals surface area contributed by atoms with Crippen molar-refractivity contribution in [3.8, 4) is 16.9 Å². The van der Waals surface area contributed by atoms with Crippen LogP contribution in [0, 0.1) is 6.92 Å². The van der Waals surface area contributed by atoms with Gasteiger partial charge in [-0.1, -0.05) is 48.5 Å². The van der Waals surface area contributed by atoms with Crippen LogP contribution in [0.3, 0.4) is 0 Å². The molecule has 4 aromatic rings. The molecule has 0 unspecified atom stereocenters. The topological polar surface area (TPSA) is 60.3 Å². The van der Waals surface area contributed by atoms with Crippen LogP contribution in [0.4, 0.5) is 0 Å². The van der Waals surface area contributed by atoms with Crippen molar-refractivity contribution in [1.82, 2.24) is 9.88 Å². The van der Waals surface area contributed by atoms with Gasteiger partial charge in [-0.05, 0) is 42.3 Å². The molecule has 1 heterocycles. The summed E-state index contributed by atoms with van der Waals surface area (Å²) in [7, 11) is 3.37. The Morgan fingerprint density at radius 1 is 1.00 bits per heavy atom. The number of amides is 1. The summed E-state index contributed by atoms with van der Waals surface area (Å²) in [6, 6.07) is 23.6. The molecular weight excluding hydrogens is 444 g/mol. The highest BCUT2D eigenvalue weighted by Gasteiger charge is 2.18. The zero-order valence-electron chi connectivity index (χ0n) is 19.6. The van der Waals surface area contributed by atoms with E-state index in [1.54, 1.807) is 42.6 Å². The molecule has 1 amide bonds. The van der Waals surface area contributed by atoms with E-state index in [2.05, 4.69) is 24.4 Å². The average Bonchev–Trinajstić information content (AvgIpc) is 2.86. The maximum atomic E-state index is 13.1. The first-order chi connectivity index (χ1) is 16.5. The molecule has 0 saturated carbocycles. The predicted octanol–water partition coefficient (Wildman–Crippen LogP) is 5.32. The molecule has 3 aromatic carbocycles. The SMILES string of the molecule is COc1ccc2c(=O)n(C)c(CNC(=O)CCSc3ccccc3C)c(-c3ccccc3)c2c1. The number of benzene rings is 3. The van der Waals surface area contributed by atoms with Crippen LogP contribution < -0.4 is 15.6 Å². The van der Waals surface area contributed by atoms with E-state index in [-0.39, 0.29) is 18.0 Å². The van der Waals surface area contributed by atoms with Gasteiger partial charge in [0.05, 0.1) is 13.7 Å². The van der Waals surface area contributed by atoms with Crippen molar-refractivity contribution in [2.24, 2.45) is 7.05 Å². The Morgan fingerprint density at radius 2 is 1.74 bits per heavy atom. The van der Waals surface area contributed by atoms with Gasteiger partial charge in [0.15, 0.2) is 0 Å². The van der Waals surface area contributed by atoms with Crippen molar-refractivity contribution in [3.05, 3.63) is 94.4 Å². The molecule has 34 heavy (non-hydrogen) atoms. The molecule has 5 nitrogen and oxygen atoms in total. The van der Waals surface area contributed by atoms with Gasteiger partial charge in [0.25, 0.3) is 5.56 Å². The van der Waals surface area contributed by atoms with Crippen molar-refractivity contribution in [2.75, 3.05) is 12.9 Å². The number of methoxy groups -OCH3 is 1. The largest absolute Gasteiger partial charge is 0.497 e. The van der Waals surface area contributed by atoms with E-state index in [1.807, 2.05) is 48.5 Å². The minimum atomic E-state index is -0.100. The van der Waals surface area contributed by atoms with Gasteiger partial charge in [-0.15, -0.1) is 11.8 Å². The smallest absolute Gasteiger partial charge is 0.258 e. The number of nitrogens with zero attached hydrogens (tertiary/aromatic N) is 1. The highest BCUT2D eigenvalue weighted by Crippen LogP contribution is 2.32. The fraction of sp³-hybridized carbons (Fsp3) is 0.214. The summed E-state index contributed by atoms with van der Waals surface area (Å²) >= 11 is 1.68. The Kier molecular flexibility index (Phi) is 7.38. The Morgan fingerprint density at radius 3 is 2.47 bits per heavy atom. The average molecular weight is 473 g/mol. The van der Waals surface area contributed by atoms with E-state index >= 15 is 0 Å². The summed E-state index contributed by atoms with van der Waals surface area (Å²) in [6.45, 7) is 2.33. The lowest BCUT2D eigenvalue weighted by Crippen LogP contribution is -2.29. The molecule has 0 fully saturated rings. The quantitative estimate of drug-likeness (QED) is 0.353. The first-order valence-corrected chi connectivity index (χ1v) is 12.2. The van der Waals surface area contributed by atoms with Gasteiger partial charge in [-0.25, -0.2) is 0 Å². The number of nitrogens with one attached hydrogen (secondary N) is 1. The van der Waals surface area contributed by atoms with Crippen molar-refractivity contribution in [3.63, 3.8) is 0 Å². The van der Waals surface area contributed by atoms with Crippen LogP contribution in [0.15, 0.2) is 82.5 Å². The monoisotopic (exact) mass is 472 g/mol. The molecule has 0 atom stereocenters. The molecule has 0 bridgehead atoms. The van der Waals surface area contributed by atoms with Gasteiger partial charge in [0, 0.05) is 46.1 Å². The van der Waals surface area contributed by atoms with Crippen LogP contribution >= 0.6 is 11.8 Å². The first-order valence-electron chi connectivity index (χ1n) is 11.2. The minimum absolute atomic E-state index is 0.0433. The molecule has 0 saturated heterocycles. The molecule has 0 aliphatic carbocycles. The van der Waals surface area contributed by atoms with Crippen LogP contribution in [0.25, 0.3) is 21.9 Å². The van der Waals surface area contributed by atoms with Crippen molar-refractivity contribution < 1.29 is 9.53 Å². The van der Waals surface area contributed by atoms with Crippen molar-refractivity contribution in [1.29, 1.82) is 0 Å². The van der Waals surface area contributed by atoms with Gasteiger partial charge in [0.2, 0.25) is 5.91 Å². The summed E-state index contributed by atoms with van der Waals surface area (Å²) in [5, 5.41) is 4.46. The van der Waals surface area contributed by atoms with Gasteiger partial charge in [-0.3, -0.25) is 9.59 Å². The van der Waals surface area contributed by atoms with E-state index in [9.17, 15) is 9.59 Å². The number of pyridine rings is 1. The number of aromatic nitrogens is 1. The van der Waals surface area contributed by atoms with Gasteiger partial charge in [0.1, 0.15) is 5.75 Å². The normalized spacial score (nSPS) is 10.9. The number of thioether (sulfide) groups is 1. The number of hydrogen-bond donors (Lipinski definition) is 1. The second-order valence-corrected chi connectivity index (χ2v) is 9.24. The van der Waals surface area contributed by atoms with Crippen LogP contribution in [-0.2, 0) is 18.4 Å². The molecular formula is C28H28N2O3S. The lowest BCUT2D eigenvalue weighted by molar-refractivity contribution is -0.120. The lowest BCUT2D eigenvalue weighted by atomic mass is 9.96. The number of fused-ring (bicyclic) bond motifs is 1. The zero-order valence-corrected chi connectivity index (χ0v) is 20.4. The number of ether oxygens (including phenoxy) is 1. The van der Waals surface area contributed by atoms with E-state index in [4.69, 9.17) is 4.74 Å². The summed E-state index contributed by atoms with van der Waals surface area (Å²) in [5.74, 6) is 1.33. The Balaban J connectivity index is 1.61. The fourth-order valence-electron chi connectivity index (χ4n) is 4.05. The maximum Gasteiger partial charge on any atom is 0.258 e. The molecule has 4 rings (SSSR count). The molecule has 0 aliphatic rings. The molecule has 0 radical (unpaired) electrons. The third-order valence-electron chi connectivity index (χ3n) is 5.92. The number of hydrogen-bond acceptors (Lipinski definition) is 4. The van der Waals surface area contributed by atoms with Crippen LogP contribution in [0.1, 0.15) is 17.7 Å². The standard InChI is InChI=1S/C28H28N2O3S/c1-19-9-7-8-12-25(19)34-16-15-26(31)29-18-24-27(20-10-5-4-6-11-20)23-17-21(33-3)13-14-22(23)28(32)30(24)2/h4-14,17H,15-16,18H2,1-3H3,(H,29,31). The summed E-state index contributed by atoms with van der Waals surface area (Å²) < 4.78 is 7.07. The van der Waals surface area contributed by atoms with Gasteiger partial charge < -0.3 is 14.6 Å². The van der Waals surface area contributed by atoms with Gasteiger partial charge >= 0.3 is 0 Å². The molecule has 6 heteroatoms. The Hall–Kier alpha value is -3.51. The van der Waals surface area contributed by atoms with E-state index < -0.39 is 0 Å². The van der Waals surface area contributed by atoms with Crippen LogP contribution in [-0.4, -0.2) is 23.3 Å². The summed E-state index contributed by atoms with van der Waals surface area (Å²) in [4.78, 5) is 27.0. The molecule has 0 aliphatic heterocycles. The van der Waals surface area contributed by atoms with Crippen LogP contribution in [0.5, 0.6) is 5.75 Å². The molecule has 0 spiro atoms. The third-order valence-corrected chi connectivity index (χ3v) is 7.10. The second-order valence-electron chi connectivity index (χ2n) is 8.10. The third kappa shape index (κ3) is 5.02. The summed E-state index contributed by atoms with van der Waals surface area (Å²) in [5.41, 5.74) is 3.78. The predicted molar refractivity (Wildman–Crippen MR) is 140 cm³/mol. The molecule has 1 N–H and O–H groups in total. The van der Waals surface area contributed by atoms with E-state index in [1.165, 1.54) is 10.5 Å². The van der Waals surface area contributed by atoms with Crippen molar-refractivity contribution >= 4 is 28.4 Å². The van der Waals surface area contributed by atoms with Gasteiger partial charge in [-0.2, -0.15) is 0 Å². The van der Waals surface area contributed by atoms with E-state index in [0.29, 0.717) is 23.3 Å². The minimum Gasteiger partial charge on any atom is -0.497 e. The Bertz CT molecular complexity index is 1380. The van der Waals surface area contributed by atoms with Crippen molar-refractivity contribution in [2.45, 2.75) is 24.8 Å². The molecule has 174 valence electrons. The zero-order chi connectivity index (χ0) is 24.1. The number of carbonyl (C=O) groups is 1. The first kappa shape index (κ1) is 23.6.